The minimum atomic E-state index is 1.20. The van der Waals surface area contributed by atoms with Gasteiger partial charge in [-0.2, -0.15) is 0 Å². The quantitative estimate of drug-likeness (QED) is 0.149. The summed E-state index contributed by atoms with van der Waals surface area (Å²) in [5.41, 5.74) is 14.8. The van der Waals surface area contributed by atoms with Crippen LogP contribution in [0.2, 0.25) is 0 Å². The molecule has 1 heteroatoms. The van der Waals surface area contributed by atoms with Gasteiger partial charge in [-0.1, -0.05) is 182 Å². The van der Waals surface area contributed by atoms with E-state index in [9.17, 15) is 0 Å². The predicted molar refractivity (Wildman–Crippen MR) is 247 cm³/mol. The van der Waals surface area contributed by atoms with E-state index in [4.69, 9.17) is 0 Å². The molecule has 1 aromatic heterocycles. The first kappa shape index (κ1) is 33.3. The maximum Gasteiger partial charge on any atom is 0.0434 e. The maximum absolute atomic E-state index is 2.43. The van der Waals surface area contributed by atoms with Crippen LogP contribution < -0.4 is 0 Å². The molecule has 266 valence electrons. The van der Waals surface area contributed by atoms with Crippen molar-refractivity contribution in [3.8, 4) is 66.8 Å². The molecular weight excluding hydrogens is 705 g/mol. The molecule has 0 amide bonds. The van der Waals surface area contributed by atoms with Crippen LogP contribution in [0.5, 0.6) is 0 Å². The van der Waals surface area contributed by atoms with Gasteiger partial charge in [0.25, 0.3) is 0 Å². The van der Waals surface area contributed by atoms with E-state index >= 15 is 0 Å². The molecule has 57 heavy (non-hydrogen) atoms. The van der Waals surface area contributed by atoms with Gasteiger partial charge in [0.1, 0.15) is 0 Å². The molecule has 11 rings (SSSR count). The lowest BCUT2D eigenvalue weighted by Gasteiger charge is -2.19. The number of thiophene rings is 1. The van der Waals surface area contributed by atoms with Crippen molar-refractivity contribution < 1.29 is 0 Å². The second-order valence-electron chi connectivity index (χ2n) is 14.8. The lowest BCUT2D eigenvalue weighted by atomic mass is 9.84. The van der Waals surface area contributed by atoms with Gasteiger partial charge in [0, 0.05) is 25.7 Å². The molecule has 0 radical (unpaired) electrons. The third-order valence-corrected chi connectivity index (χ3v) is 12.7. The van der Waals surface area contributed by atoms with Crippen molar-refractivity contribution in [3.05, 3.63) is 218 Å². The zero-order valence-electron chi connectivity index (χ0n) is 31.2. The van der Waals surface area contributed by atoms with Crippen LogP contribution in [-0.4, -0.2) is 0 Å². The fourth-order valence-electron chi connectivity index (χ4n) is 8.76. The third kappa shape index (κ3) is 5.84. The molecule has 0 fully saturated rings. The SMILES string of the molecule is c1ccc(-c2ccc3sc4c(-c5cccc(-c6ccc7c(-c8ccccc8)c8ccccc8c(-c8ccccc8)c7c6)c5)cc(-c5ccccc5)cc4c3c2)cc1. The number of hydrogen-bond donors (Lipinski definition) is 0. The molecule has 10 aromatic carbocycles. The van der Waals surface area contributed by atoms with Crippen LogP contribution in [0.15, 0.2) is 218 Å². The highest BCUT2D eigenvalue weighted by Gasteiger charge is 2.19. The Hall–Kier alpha value is -7.06. The molecule has 0 saturated carbocycles. The lowest BCUT2D eigenvalue weighted by molar-refractivity contribution is 1.61. The Morgan fingerprint density at radius 3 is 1.32 bits per heavy atom. The van der Waals surface area contributed by atoms with Gasteiger partial charge in [-0.15, -0.1) is 11.3 Å². The molecule has 0 aliphatic carbocycles. The third-order valence-electron chi connectivity index (χ3n) is 11.4. The second kappa shape index (κ2) is 13.9. The summed E-state index contributed by atoms with van der Waals surface area (Å²) in [4.78, 5) is 0. The van der Waals surface area contributed by atoms with E-state index in [0.717, 1.165) is 0 Å². The molecule has 11 aromatic rings. The van der Waals surface area contributed by atoms with Crippen molar-refractivity contribution in [2.75, 3.05) is 0 Å². The summed E-state index contributed by atoms with van der Waals surface area (Å²) in [7, 11) is 0. The van der Waals surface area contributed by atoms with Gasteiger partial charge in [-0.05, 0) is 119 Å². The van der Waals surface area contributed by atoms with Crippen molar-refractivity contribution >= 4 is 53.1 Å². The Morgan fingerprint density at radius 2 is 0.667 bits per heavy atom. The monoisotopic (exact) mass is 740 g/mol. The molecule has 0 atom stereocenters. The Morgan fingerprint density at radius 1 is 0.228 bits per heavy atom. The zero-order valence-corrected chi connectivity index (χ0v) is 32.0. The largest absolute Gasteiger partial charge is 0.135 e. The average Bonchev–Trinajstić information content (AvgIpc) is 3.67. The van der Waals surface area contributed by atoms with E-state index in [-0.39, 0.29) is 0 Å². The summed E-state index contributed by atoms with van der Waals surface area (Å²) >= 11 is 1.89. The molecule has 0 spiro atoms. The van der Waals surface area contributed by atoms with Crippen molar-refractivity contribution in [2.45, 2.75) is 0 Å². The highest BCUT2D eigenvalue weighted by Crippen LogP contribution is 2.47. The van der Waals surface area contributed by atoms with Crippen LogP contribution >= 0.6 is 11.3 Å². The van der Waals surface area contributed by atoms with Crippen LogP contribution in [0.1, 0.15) is 0 Å². The number of benzene rings is 10. The molecule has 0 aliphatic heterocycles. The lowest BCUT2D eigenvalue weighted by Crippen LogP contribution is -1.91. The normalized spacial score (nSPS) is 11.5. The molecule has 0 unspecified atom stereocenters. The summed E-state index contributed by atoms with van der Waals surface area (Å²) in [6.45, 7) is 0. The standard InChI is InChI=1S/C56H36S/c1-5-16-37(17-6-1)42-29-31-53-50(33-42)52-36-45(38-18-7-2-8-19-38)35-49(56(52)57-53)44-25-15-24-41(32-44)43-28-30-48-51(34-43)55(40-22-11-4-12-23-40)47-27-14-13-26-46(47)54(48)39-20-9-3-10-21-39/h1-36H. The molecule has 0 bridgehead atoms. The minimum Gasteiger partial charge on any atom is -0.135 e. The van der Waals surface area contributed by atoms with Gasteiger partial charge in [0.15, 0.2) is 0 Å². The van der Waals surface area contributed by atoms with E-state index in [1.807, 2.05) is 11.3 Å². The van der Waals surface area contributed by atoms with Gasteiger partial charge in [-0.25, -0.2) is 0 Å². The van der Waals surface area contributed by atoms with E-state index < -0.39 is 0 Å². The van der Waals surface area contributed by atoms with Gasteiger partial charge in [0.05, 0.1) is 0 Å². The Labute approximate surface area is 336 Å². The van der Waals surface area contributed by atoms with Gasteiger partial charge >= 0.3 is 0 Å². The maximum atomic E-state index is 2.43. The van der Waals surface area contributed by atoms with Crippen LogP contribution in [-0.2, 0) is 0 Å². The summed E-state index contributed by atoms with van der Waals surface area (Å²) in [5, 5.41) is 7.65. The number of fused-ring (bicyclic) bond motifs is 5. The first-order valence-corrected chi connectivity index (χ1v) is 20.4. The first-order valence-electron chi connectivity index (χ1n) is 19.6. The van der Waals surface area contributed by atoms with E-state index in [1.165, 1.54) is 108 Å². The first-order chi connectivity index (χ1) is 28.3. The fraction of sp³-hybridized carbons (Fsp3) is 0. The fourth-order valence-corrected chi connectivity index (χ4v) is 9.96. The summed E-state index contributed by atoms with van der Waals surface area (Å²) in [5.74, 6) is 0. The Bertz CT molecular complexity index is 3250. The molecule has 0 saturated heterocycles. The van der Waals surface area contributed by atoms with Gasteiger partial charge in [-0.3, -0.25) is 0 Å². The van der Waals surface area contributed by atoms with E-state index in [2.05, 4.69) is 218 Å². The van der Waals surface area contributed by atoms with Crippen molar-refractivity contribution in [3.63, 3.8) is 0 Å². The second-order valence-corrected chi connectivity index (χ2v) is 15.9. The van der Waals surface area contributed by atoms with Gasteiger partial charge < -0.3 is 0 Å². The highest BCUT2D eigenvalue weighted by molar-refractivity contribution is 7.26. The van der Waals surface area contributed by atoms with Crippen LogP contribution in [0.3, 0.4) is 0 Å². The summed E-state index contributed by atoms with van der Waals surface area (Å²) in [6, 6.07) is 80.2. The van der Waals surface area contributed by atoms with Crippen molar-refractivity contribution in [2.24, 2.45) is 0 Å². The zero-order chi connectivity index (χ0) is 37.7. The average molecular weight is 741 g/mol. The Kier molecular flexibility index (Phi) is 8.12. The molecule has 0 nitrogen and oxygen atoms in total. The molecular formula is C56H36S. The Balaban J connectivity index is 1.13. The molecule has 0 aliphatic rings. The number of rotatable bonds is 6. The predicted octanol–water partition coefficient (Wildman–Crippen LogP) is 16.4. The van der Waals surface area contributed by atoms with E-state index in [1.54, 1.807) is 0 Å². The van der Waals surface area contributed by atoms with Gasteiger partial charge in [0.2, 0.25) is 0 Å². The molecule has 0 N–H and O–H groups in total. The minimum absolute atomic E-state index is 1.20. The molecule has 1 heterocycles. The van der Waals surface area contributed by atoms with Crippen LogP contribution in [0.4, 0.5) is 0 Å². The van der Waals surface area contributed by atoms with E-state index in [0.29, 0.717) is 0 Å². The van der Waals surface area contributed by atoms with Crippen molar-refractivity contribution in [1.29, 1.82) is 0 Å². The highest BCUT2D eigenvalue weighted by atomic mass is 32.1. The van der Waals surface area contributed by atoms with Crippen LogP contribution in [0.25, 0.3) is 108 Å². The summed E-state index contributed by atoms with van der Waals surface area (Å²) < 4.78 is 2.62. The van der Waals surface area contributed by atoms with Crippen LogP contribution in [0, 0.1) is 0 Å². The topological polar surface area (TPSA) is 0 Å². The number of hydrogen-bond acceptors (Lipinski definition) is 1. The van der Waals surface area contributed by atoms with Crippen molar-refractivity contribution in [1.82, 2.24) is 0 Å². The summed E-state index contributed by atoms with van der Waals surface area (Å²) in [6.07, 6.45) is 0. The smallest absolute Gasteiger partial charge is 0.0434 e.